The molecule has 0 spiro atoms. The molecule has 0 aliphatic carbocycles. The molecule has 1 heterocycles. The number of aromatic nitrogens is 1. The molecule has 5 heteroatoms. The molecule has 1 unspecified atom stereocenters. The van der Waals surface area contributed by atoms with E-state index in [4.69, 9.17) is 4.74 Å². The maximum atomic E-state index is 5.84. The number of hydrogen-bond acceptors (Lipinski definition) is 3. The summed E-state index contributed by atoms with van der Waals surface area (Å²) >= 11 is 6.91. The summed E-state index contributed by atoms with van der Waals surface area (Å²) in [6.07, 6.45) is 2.78. The van der Waals surface area contributed by atoms with Crippen molar-refractivity contribution in [3.63, 3.8) is 0 Å². The zero-order valence-electron chi connectivity index (χ0n) is 12.1. The van der Waals surface area contributed by atoms with Crippen molar-refractivity contribution in [2.45, 2.75) is 26.3 Å². The van der Waals surface area contributed by atoms with E-state index in [2.05, 4.69) is 56.0 Å². The lowest BCUT2D eigenvalue weighted by Gasteiger charge is -2.15. The molecule has 0 fully saturated rings. The highest BCUT2D eigenvalue weighted by atomic mass is 79.9. The highest BCUT2D eigenvalue weighted by Crippen LogP contribution is 2.32. The van der Waals surface area contributed by atoms with Gasteiger partial charge in [-0.25, -0.2) is 0 Å². The maximum Gasteiger partial charge on any atom is 0.145 e. The molecule has 0 bridgehead atoms. The third kappa shape index (κ3) is 4.53. The van der Waals surface area contributed by atoms with Crippen LogP contribution in [0.2, 0.25) is 0 Å². The van der Waals surface area contributed by atoms with E-state index in [0.29, 0.717) is 6.04 Å². The van der Waals surface area contributed by atoms with Crippen LogP contribution in [-0.2, 0) is 0 Å². The van der Waals surface area contributed by atoms with Gasteiger partial charge in [-0.15, -0.1) is 0 Å². The van der Waals surface area contributed by atoms with Gasteiger partial charge in [-0.1, -0.05) is 29.8 Å². The van der Waals surface area contributed by atoms with E-state index >= 15 is 0 Å². The number of hydrogen-bond donors (Lipinski definition) is 1. The van der Waals surface area contributed by atoms with Crippen molar-refractivity contribution >= 4 is 31.9 Å². The van der Waals surface area contributed by atoms with E-state index < -0.39 is 0 Å². The summed E-state index contributed by atoms with van der Waals surface area (Å²) < 4.78 is 7.75. The fourth-order valence-electron chi connectivity index (χ4n) is 2.05. The van der Waals surface area contributed by atoms with Gasteiger partial charge in [-0.3, -0.25) is 4.98 Å². The first kappa shape index (κ1) is 16.5. The van der Waals surface area contributed by atoms with Crippen LogP contribution in [-0.4, -0.2) is 11.5 Å². The van der Waals surface area contributed by atoms with E-state index in [1.54, 1.807) is 6.20 Å². The molecule has 2 rings (SSSR count). The summed E-state index contributed by atoms with van der Waals surface area (Å²) in [7, 11) is 0. The standard InChI is InChI=1S/C16H18Br2N2O/c1-3-14(19-4-2)15-7-6-12(10-20-15)21-16-8-5-11(17)9-13(16)18/h5-10,14,19H,3-4H2,1-2H3. The molecule has 0 amide bonds. The molecule has 0 aliphatic rings. The molecule has 1 aromatic heterocycles. The average Bonchev–Trinajstić information content (AvgIpc) is 2.48. The van der Waals surface area contributed by atoms with Crippen molar-refractivity contribution in [3.8, 4) is 11.5 Å². The van der Waals surface area contributed by atoms with Crippen molar-refractivity contribution in [2.24, 2.45) is 0 Å². The van der Waals surface area contributed by atoms with E-state index in [-0.39, 0.29) is 0 Å². The molecule has 2 aromatic rings. The summed E-state index contributed by atoms with van der Waals surface area (Å²) in [5, 5.41) is 3.42. The Kier molecular flexibility index (Phi) is 6.21. The monoisotopic (exact) mass is 412 g/mol. The van der Waals surface area contributed by atoms with E-state index in [0.717, 1.165) is 39.1 Å². The van der Waals surface area contributed by atoms with Crippen LogP contribution in [0.15, 0.2) is 45.5 Å². The van der Waals surface area contributed by atoms with Gasteiger partial charge < -0.3 is 10.1 Å². The Bertz CT molecular complexity index is 587. The molecule has 1 aromatic carbocycles. The minimum absolute atomic E-state index is 0.295. The van der Waals surface area contributed by atoms with Crippen LogP contribution in [0, 0.1) is 0 Å². The maximum absolute atomic E-state index is 5.84. The fraction of sp³-hybridized carbons (Fsp3) is 0.312. The van der Waals surface area contributed by atoms with Crippen LogP contribution in [0.4, 0.5) is 0 Å². The summed E-state index contributed by atoms with van der Waals surface area (Å²) in [5.74, 6) is 1.50. The Morgan fingerprint density at radius 2 is 2.00 bits per heavy atom. The molecule has 112 valence electrons. The number of nitrogens with zero attached hydrogens (tertiary/aromatic N) is 1. The summed E-state index contributed by atoms with van der Waals surface area (Å²) in [4.78, 5) is 4.50. The number of pyridine rings is 1. The molecule has 3 nitrogen and oxygen atoms in total. The Balaban J connectivity index is 2.11. The van der Waals surface area contributed by atoms with E-state index in [1.165, 1.54) is 0 Å². The fourth-order valence-corrected chi connectivity index (χ4v) is 3.18. The Hall–Kier alpha value is -0.910. The van der Waals surface area contributed by atoms with Gasteiger partial charge in [-0.05, 0) is 59.2 Å². The zero-order valence-corrected chi connectivity index (χ0v) is 15.2. The Morgan fingerprint density at radius 1 is 1.19 bits per heavy atom. The second-order valence-corrected chi connectivity index (χ2v) is 6.38. The van der Waals surface area contributed by atoms with Gasteiger partial charge in [0.1, 0.15) is 11.5 Å². The van der Waals surface area contributed by atoms with E-state index in [1.807, 2.05) is 30.3 Å². The SMILES string of the molecule is CCNC(CC)c1ccc(Oc2ccc(Br)cc2Br)cn1. The number of halogens is 2. The van der Waals surface area contributed by atoms with Gasteiger partial charge in [0.2, 0.25) is 0 Å². The number of ether oxygens (including phenoxy) is 1. The molecule has 0 saturated heterocycles. The summed E-state index contributed by atoms with van der Waals surface area (Å²) in [6.45, 7) is 5.19. The number of nitrogens with one attached hydrogen (secondary N) is 1. The summed E-state index contributed by atoms with van der Waals surface area (Å²) in [5.41, 5.74) is 1.04. The van der Waals surface area contributed by atoms with Gasteiger partial charge >= 0.3 is 0 Å². The largest absolute Gasteiger partial charge is 0.455 e. The zero-order chi connectivity index (χ0) is 15.2. The van der Waals surface area contributed by atoms with Crippen molar-refractivity contribution < 1.29 is 4.74 Å². The van der Waals surface area contributed by atoms with Gasteiger partial charge in [0.15, 0.2) is 0 Å². The minimum Gasteiger partial charge on any atom is -0.455 e. The van der Waals surface area contributed by atoms with Crippen LogP contribution in [0.3, 0.4) is 0 Å². The molecule has 1 N–H and O–H groups in total. The van der Waals surface area contributed by atoms with Gasteiger partial charge in [0.25, 0.3) is 0 Å². The van der Waals surface area contributed by atoms with Crippen molar-refractivity contribution in [1.29, 1.82) is 0 Å². The molecule has 0 radical (unpaired) electrons. The number of benzene rings is 1. The topological polar surface area (TPSA) is 34.1 Å². The lowest BCUT2D eigenvalue weighted by molar-refractivity contribution is 0.473. The molecular weight excluding hydrogens is 396 g/mol. The van der Waals surface area contributed by atoms with Crippen LogP contribution < -0.4 is 10.1 Å². The van der Waals surface area contributed by atoms with Crippen molar-refractivity contribution in [2.75, 3.05) is 6.54 Å². The molecule has 21 heavy (non-hydrogen) atoms. The average molecular weight is 414 g/mol. The highest BCUT2D eigenvalue weighted by molar-refractivity contribution is 9.11. The first-order valence-corrected chi connectivity index (χ1v) is 8.54. The third-order valence-corrected chi connectivity index (χ3v) is 4.21. The Morgan fingerprint density at radius 3 is 2.57 bits per heavy atom. The van der Waals surface area contributed by atoms with Gasteiger partial charge in [0.05, 0.1) is 16.4 Å². The second kappa shape index (κ2) is 7.92. The van der Waals surface area contributed by atoms with Gasteiger partial charge in [0, 0.05) is 10.5 Å². The van der Waals surface area contributed by atoms with Crippen molar-refractivity contribution in [1.82, 2.24) is 10.3 Å². The summed E-state index contributed by atoms with van der Waals surface area (Å²) in [6, 6.07) is 10.1. The predicted octanol–water partition coefficient (Wildman–Crippen LogP) is 5.46. The van der Waals surface area contributed by atoms with Crippen LogP contribution in [0.25, 0.3) is 0 Å². The molecule has 1 atom stereocenters. The van der Waals surface area contributed by atoms with Gasteiger partial charge in [-0.2, -0.15) is 0 Å². The minimum atomic E-state index is 0.295. The lowest BCUT2D eigenvalue weighted by atomic mass is 10.1. The highest BCUT2D eigenvalue weighted by Gasteiger charge is 2.10. The predicted molar refractivity (Wildman–Crippen MR) is 92.9 cm³/mol. The first-order valence-electron chi connectivity index (χ1n) is 6.96. The van der Waals surface area contributed by atoms with Crippen molar-refractivity contribution in [3.05, 3.63) is 51.2 Å². The normalized spacial score (nSPS) is 12.2. The smallest absolute Gasteiger partial charge is 0.145 e. The molecular formula is C16H18Br2N2O. The number of rotatable bonds is 6. The van der Waals surface area contributed by atoms with Crippen LogP contribution in [0.5, 0.6) is 11.5 Å². The first-order chi connectivity index (χ1) is 10.1. The third-order valence-electron chi connectivity index (χ3n) is 3.10. The van der Waals surface area contributed by atoms with Crippen LogP contribution in [0.1, 0.15) is 32.0 Å². The molecule has 0 saturated carbocycles. The second-order valence-electron chi connectivity index (χ2n) is 4.61. The lowest BCUT2D eigenvalue weighted by Crippen LogP contribution is -2.20. The quantitative estimate of drug-likeness (QED) is 0.682. The van der Waals surface area contributed by atoms with E-state index in [9.17, 15) is 0 Å². The van der Waals surface area contributed by atoms with Crippen LogP contribution >= 0.6 is 31.9 Å². The molecule has 0 aliphatic heterocycles. The Labute approximate surface area is 142 Å².